The van der Waals surface area contributed by atoms with Crippen LogP contribution in [0.25, 0.3) is 0 Å². The molecule has 0 radical (unpaired) electrons. The lowest BCUT2D eigenvalue weighted by molar-refractivity contribution is -0.143. The number of benzene rings is 2. The van der Waals surface area contributed by atoms with Gasteiger partial charge in [0.05, 0.1) is 11.1 Å². The Kier molecular flexibility index (Phi) is 6.62. The molecule has 1 fully saturated rings. The van der Waals surface area contributed by atoms with Crippen LogP contribution in [0, 0.1) is 6.92 Å². The Labute approximate surface area is 185 Å². The second-order valence-corrected chi connectivity index (χ2v) is 7.85. The molecule has 2 atom stereocenters. The highest BCUT2D eigenvalue weighted by atomic mass is 19.4. The average molecular weight is 474 g/mol. The van der Waals surface area contributed by atoms with Crippen LogP contribution in [0.2, 0.25) is 0 Å². The first-order chi connectivity index (χ1) is 15.3. The number of likely N-dealkylation sites (tertiary alicyclic amines) is 1. The molecule has 0 unspecified atom stereocenters. The predicted molar refractivity (Wildman–Crippen MR) is 106 cm³/mol. The van der Waals surface area contributed by atoms with Crippen LogP contribution in [-0.2, 0) is 12.4 Å². The molecule has 0 spiro atoms. The van der Waals surface area contributed by atoms with Gasteiger partial charge < -0.3 is 15.3 Å². The third-order valence-electron chi connectivity index (χ3n) is 5.64. The zero-order valence-corrected chi connectivity index (χ0v) is 17.3. The van der Waals surface area contributed by atoms with Crippen molar-refractivity contribution in [2.24, 2.45) is 0 Å². The van der Waals surface area contributed by atoms with E-state index in [-0.39, 0.29) is 25.6 Å². The number of hydrogen-bond donors (Lipinski definition) is 2. The lowest BCUT2D eigenvalue weighted by Crippen LogP contribution is -2.51. The summed E-state index contributed by atoms with van der Waals surface area (Å²) in [6.07, 6.45) is -11.2. The summed E-state index contributed by atoms with van der Waals surface area (Å²) in [4.78, 5) is 25.4. The van der Waals surface area contributed by atoms with Crippen molar-refractivity contribution in [1.82, 2.24) is 10.2 Å². The molecule has 0 bridgehead atoms. The number of halogens is 6. The van der Waals surface area contributed by atoms with Gasteiger partial charge in [0.1, 0.15) is 0 Å². The minimum absolute atomic E-state index is 0.0154. The van der Waals surface area contributed by atoms with Crippen LogP contribution >= 0.6 is 0 Å². The van der Waals surface area contributed by atoms with Crippen LogP contribution in [0.4, 0.5) is 31.1 Å². The number of hydrogen-bond acceptors (Lipinski definition) is 2. The van der Waals surface area contributed by atoms with Crippen LogP contribution in [-0.4, -0.2) is 41.1 Å². The molecule has 0 saturated carbocycles. The number of aryl methyl sites for hydroxylation is 1. The van der Waals surface area contributed by atoms with Crippen molar-refractivity contribution in [1.29, 1.82) is 0 Å². The number of carbonyl (C=O) groups is 2. The molecule has 33 heavy (non-hydrogen) atoms. The van der Waals surface area contributed by atoms with Crippen molar-refractivity contribution < 1.29 is 41.0 Å². The van der Waals surface area contributed by atoms with Crippen LogP contribution in [0.5, 0.6) is 0 Å². The summed E-state index contributed by atoms with van der Waals surface area (Å²) >= 11 is 0. The number of carbonyl (C=O) groups excluding carboxylic acids is 1. The van der Waals surface area contributed by atoms with Gasteiger partial charge in [-0.15, -0.1) is 0 Å². The summed E-state index contributed by atoms with van der Waals surface area (Å²) in [6.45, 7) is 1.86. The molecule has 1 saturated heterocycles. The molecule has 5 nitrogen and oxygen atoms in total. The molecule has 0 aromatic heterocycles. The number of nitrogens with one attached hydrogen (secondary N) is 1. The van der Waals surface area contributed by atoms with E-state index in [4.69, 9.17) is 0 Å². The fraction of sp³-hybridized carbons (Fsp3) is 0.364. The highest BCUT2D eigenvalue weighted by Gasteiger charge is 2.39. The Morgan fingerprint density at radius 1 is 1.00 bits per heavy atom. The predicted octanol–water partition coefficient (Wildman–Crippen LogP) is 5.30. The van der Waals surface area contributed by atoms with E-state index in [0.717, 1.165) is 16.0 Å². The molecule has 1 aliphatic rings. The summed E-state index contributed by atoms with van der Waals surface area (Å²) in [7, 11) is 0. The molecule has 2 N–H and O–H groups in total. The largest absolute Gasteiger partial charge is 0.465 e. The average Bonchev–Trinajstić information content (AvgIpc) is 2.72. The van der Waals surface area contributed by atoms with E-state index < -0.39 is 53.0 Å². The van der Waals surface area contributed by atoms with Crippen LogP contribution in [0.3, 0.4) is 0 Å². The minimum atomic E-state index is -5.08. The van der Waals surface area contributed by atoms with Gasteiger partial charge in [-0.1, -0.05) is 24.3 Å². The van der Waals surface area contributed by atoms with Crippen LogP contribution < -0.4 is 5.32 Å². The second-order valence-electron chi connectivity index (χ2n) is 7.85. The minimum Gasteiger partial charge on any atom is -0.465 e. The van der Waals surface area contributed by atoms with E-state index >= 15 is 0 Å². The van der Waals surface area contributed by atoms with E-state index in [2.05, 4.69) is 5.32 Å². The van der Waals surface area contributed by atoms with E-state index in [1.54, 1.807) is 31.2 Å². The van der Waals surface area contributed by atoms with Gasteiger partial charge in [-0.05, 0) is 42.7 Å². The number of nitrogens with zero attached hydrogens (tertiary/aromatic N) is 1. The third kappa shape index (κ3) is 5.58. The molecule has 1 heterocycles. The Morgan fingerprint density at radius 3 is 2.09 bits per heavy atom. The fourth-order valence-corrected chi connectivity index (χ4v) is 3.95. The van der Waals surface area contributed by atoms with Gasteiger partial charge >= 0.3 is 18.4 Å². The van der Waals surface area contributed by atoms with Gasteiger partial charge in [0.15, 0.2) is 0 Å². The van der Waals surface area contributed by atoms with Crippen molar-refractivity contribution in [2.45, 2.75) is 37.7 Å². The molecule has 0 aliphatic carbocycles. The summed E-state index contributed by atoms with van der Waals surface area (Å²) < 4.78 is 78.9. The molecule has 1 aliphatic heterocycles. The molecule has 11 heteroatoms. The maximum absolute atomic E-state index is 13.1. The monoisotopic (exact) mass is 474 g/mol. The zero-order chi connectivity index (χ0) is 24.6. The van der Waals surface area contributed by atoms with E-state index in [1.165, 1.54) is 0 Å². The molecular formula is C22H20F6N2O3. The van der Waals surface area contributed by atoms with Crippen molar-refractivity contribution in [3.05, 3.63) is 70.3 Å². The van der Waals surface area contributed by atoms with Gasteiger partial charge in [-0.25, -0.2) is 4.79 Å². The Morgan fingerprint density at radius 2 is 1.58 bits per heavy atom. The van der Waals surface area contributed by atoms with Gasteiger partial charge in [-0.3, -0.25) is 4.79 Å². The highest BCUT2D eigenvalue weighted by Crippen LogP contribution is 2.37. The van der Waals surface area contributed by atoms with Gasteiger partial charge in [0.25, 0.3) is 5.91 Å². The van der Waals surface area contributed by atoms with Gasteiger partial charge in [-0.2, -0.15) is 26.3 Å². The Bertz CT molecular complexity index is 1020. The number of alkyl halides is 6. The summed E-state index contributed by atoms with van der Waals surface area (Å²) in [5, 5.41) is 11.9. The number of rotatable bonds is 3. The zero-order valence-electron chi connectivity index (χ0n) is 17.3. The standard InChI is InChI=1S/C22H20F6N2O3/c1-12-4-2-3-5-16(12)17-11-30(20(32)33)7-6-18(17)29-19(31)13-8-14(21(23,24)25)10-15(9-13)22(26,27)28/h2-5,8-10,17-18H,6-7,11H2,1H3,(H,29,31)(H,32,33)/t17-,18+/m0/s1. The Hall–Kier alpha value is -3.24. The maximum atomic E-state index is 13.1. The van der Waals surface area contributed by atoms with Crippen molar-refractivity contribution in [3.63, 3.8) is 0 Å². The lowest BCUT2D eigenvalue weighted by Gasteiger charge is -2.38. The summed E-state index contributed by atoms with van der Waals surface area (Å²) in [5.41, 5.74) is -2.40. The first-order valence-electron chi connectivity index (χ1n) is 9.91. The number of amides is 2. The molecular weight excluding hydrogens is 454 g/mol. The fourth-order valence-electron chi connectivity index (χ4n) is 3.95. The van der Waals surface area contributed by atoms with E-state index in [0.29, 0.717) is 12.1 Å². The second kappa shape index (κ2) is 8.95. The van der Waals surface area contributed by atoms with Crippen LogP contribution in [0.1, 0.15) is 45.0 Å². The maximum Gasteiger partial charge on any atom is 0.416 e. The van der Waals surface area contributed by atoms with Gasteiger partial charge in [0, 0.05) is 30.6 Å². The van der Waals surface area contributed by atoms with E-state index in [9.17, 15) is 41.0 Å². The lowest BCUT2D eigenvalue weighted by atomic mass is 9.83. The number of carboxylic acid groups (broad SMARTS) is 1. The summed E-state index contributed by atoms with van der Waals surface area (Å²) in [5.74, 6) is -1.63. The Balaban J connectivity index is 1.95. The van der Waals surface area contributed by atoms with Crippen molar-refractivity contribution >= 4 is 12.0 Å². The SMILES string of the molecule is Cc1ccccc1[C@@H]1CN(C(=O)O)CC[C@H]1NC(=O)c1cc(C(F)(F)F)cc(C(F)(F)F)c1. The third-order valence-corrected chi connectivity index (χ3v) is 5.64. The molecule has 2 aromatic carbocycles. The first kappa shape index (κ1) is 24.4. The smallest absolute Gasteiger partial charge is 0.416 e. The number of piperidine rings is 1. The molecule has 178 valence electrons. The first-order valence-corrected chi connectivity index (χ1v) is 9.91. The topological polar surface area (TPSA) is 69.6 Å². The normalized spacial score (nSPS) is 19.3. The quantitative estimate of drug-likeness (QED) is 0.594. The van der Waals surface area contributed by atoms with Gasteiger partial charge in [0.2, 0.25) is 0 Å². The van der Waals surface area contributed by atoms with Crippen LogP contribution in [0.15, 0.2) is 42.5 Å². The molecule has 2 aromatic rings. The highest BCUT2D eigenvalue weighted by molar-refractivity contribution is 5.95. The molecule has 3 rings (SSSR count). The van der Waals surface area contributed by atoms with Crippen molar-refractivity contribution in [2.75, 3.05) is 13.1 Å². The summed E-state index contributed by atoms with van der Waals surface area (Å²) in [6, 6.07) is 7.04. The van der Waals surface area contributed by atoms with E-state index in [1.807, 2.05) is 0 Å². The van der Waals surface area contributed by atoms with Crippen molar-refractivity contribution in [3.8, 4) is 0 Å². The molecule has 2 amide bonds.